The number of nitrogens with one attached hydrogen (secondary N) is 1. The fourth-order valence-electron chi connectivity index (χ4n) is 2.55. The monoisotopic (exact) mass is 295 g/mol. The van der Waals surface area contributed by atoms with Gasteiger partial charge in [-0.05, 0) is 19.3 Å². The Hall–Kier alpha value is -1.63. The van der Waals surface area contributed by atoms with Crippen LogP contribution in [0.25, 0.3) is 0 Å². The van der Waals surface area contributed by atoms with Crippen molar-refractivity contribution < 1.29 is 14.7 Å². The number of rotatable bonds is 3. The molecule has 108 valence electrons. The predicted molar refractivity (Wildman–Crippen MR) is 75.0 cm³/mol. The molecular formula is C13H17N3O3S. The van der Waals surface area contributed by atoms with Crippen molar-refractivity contribution in [1.29, 1.82) is 0 Å². The van der Waals surface area contributed by atoms with Gasteiger partial charge in [0, 0.05) is 24.4 Å². The van der Waals surface area contributed by atoms with E-state index in [4.69, 9.17) is 5.11 Å². The summed E-state index contributed by atoms with van der Waals surface area (Å²) in [6.07, 6.45) is 4.15. The van der Waals surface area contributed by atoms with Crippen LogP contribution in [0.4, 0.5) is 9.93 Å². The largest absolute Gasteiger partial charge is 0.481 e. The quantitative estimate of drug-likeness (QED) is 0.896. The van der Waals surface area contributed by atoms with Crippen LogP contribution in [0.15, 0.2) is 5.38 Å². The van der Waals surface area contributed by atoms with Gasteiger partial charge in [-0.15, -0.1) is 11.3 Å². The second kappa shape index (κ2) is 5.40. The molecule has 20 heavy (non-hydrogen) atoms. The molecule has 1 saturated heterocycles. The first-order valence-corrected chi connectivity index (χ1v) is 7.75. The number of thiazole rings is 1. The van der Waals surface area contributed by atoms with Crippen LogP contribution < -0.4 is 5.32 Å². The van der Waals surface area contributed by atoms with E-state index in [9.17, 15) is 9.59 Å². The molecule has 0 spiro atoms. The number of carboxylic acids is 1. The molecule has 2 fully saturated rings. The van der Waals surface area contributed by atoms with Crippen LogP contribution in [-0.2, 0) is 4.79 Å². The third kappa shape index (κ3) is 2.63. The van der Waals surface area contributed by atoms with E-state index < -0.39 is 11.9 Å². The van der Waals surface area contributed by atoms with Crippen LogP contribution in [0.1, 0.15) is 37.3 Å². The number of carbonyl (C=O) groups excluding carboxylic acids is 1. The maximum atomic E-state index is 12.0. The molecule has 7 heteroatoms. The maximum absolute atomic E-state index is 12.0. The van der Waals surface area contributed by atoms with Gasteiger partial charge in [-0.25, -0.2) is 9.78 Å². The SMILES string of the molecule is O=C(O)C1CCN(C(=O)Nc2nc(C3CCC3)cs2)C1. The van der Waals surface area contributed by atoms with Gasteiger partial charge in [0.15, 0.2) is 5.13 Å². The van der Waals surface area contributed by atoms with Gasteiger partial charge < -0.3 is 10.0 Å². The molecule has 1 atom stereocenters. The summed E-state index contributed by atoms with van der Waals surface area (Å²) in [7, 11) is 0. The number of anilines is 1. The first-order valence-electron chi connectivity index (χ1n) is 6.87. The fourth-order valence-corrected chi connectivity index (χ4v) is 3.33. The van der Waals surface area contributed by atoms with Crippen LogP contribution >= 0.6 is 11.3 Å². The topological polar surface area (TPSA) is 82.5 Å². The van der Waals surface area contributed by atoms with Gasteiger partial charge >= 0.3 is 12.0 Å². The highest BCUT2D eigenvalue weighted by atomic mass is 32.1. The lowest BCUT2D eigenvalue weighted by atomic mass is 9.83. The van der Waals surface area contributed by atoms with Crippen molar-refractivity contribution in [3.63, 3.8) is 0 Å². The highest BCUT2D eigenvalue weighted by Crippen LogP contribution is 2.37. The minimum atomic E-state index is -0.832. The second-order valence-electron chi connectivity index (χ2n) is 5.41. The van der Waals surface area contributed by atoms with Crippen LogP contribution in [0.5, 0.6) is 0 Å². The van der Waals surface area contributed by atoms with E-state index in [1.165, 1.54) is 30.6 Å². The number of aromatic nitrogens is 1. The van der Waals surface area contributed by atoms with Gasteiger partial charge in [-0.1, -0.05) is 6.42 Å². The van der Waals surface area contributed by atoms with Crippen molar-refractivity contribution in [3.8, 4) is 0 Å². The molecular weight excluding hydrogens is 278 g/mol. The van der Waals surface area contributed by atoms with Crippen LogP contribution in [0.2, 0.25) is 0 Å². The van der Waals surface area contributed by atoms with E-state index >= 15 is 0 Å². The smallest absolute Gasteiger partial charge is 0.323 e. The number of amides is 2. The summed E-state index contributed by atoms with van der Waals surface area (Å²) in [5, 5.41) is 14.3. The number of hydrogen-bond donors (Lipinski definition) is 2. The van der Waals surface area contributed by atoms with Crippen molar-refractivity contribution >= 4 is 28.5 Å². The summed E-state index contributed by atoms with van der Waals surface area (Å²) in [5.74, 6) is -0.718. The molecule has 2 N–H and O–H groups in total. The summed E-state index contributed by atoms with van der Waals surface area (Å²) in [6, 6.07) is -0.247. The highest BCUT2D eigenvalue weighted by molar-refractivity contribution is 7.13. The zero-order valence-corrected chi connectivity index (χ0v) is 11.9. The molecule has 2 amide bonds. The van der Waals surface area contributed by atoms with Crippen molar-refractivity contribution in [1.82, 2.24) is 9.88 Å². The van der Waals surface area contributed by atoms with Gasteiger partial charge in [-0.2, -0.15) is 0 Å². The minimum Gasteiger partial charge on any atom is -0.481 e. The highest BCUT2D eigenvalue weighted by Gasteiger charge is 2.31. The molecule has 0 radical (unpaired) electrons. The second-order valence-corrected chi connectivity index (χ2v) is 6.26. The zero-order valence-electron chi connectivity index (χ0n) is 11.0. The number of nitrogens with zero attached hydrogens (tertiary/aromatic N) is 2. The number of hydrogen-bond acceptors (Lipinski definition) is 4. The molecule has 2 heterocycles. The fraction of sp³-hybridized carbons (Fsp3) is 0.615. The first-order chi connectivity index (χ1) is 9.63. The molecule has 1 aromatic heterocycles. The van der Waals surface area contributed by atoms with Crippen molar-refractivity contribution in [2.24, 2.45) is 5.92 Å². The zero-order chi connectivity index (χ0) is 14.1. The average molecular weight is 295 g/mol. The molecule has 1 unspecified atom stereocenters. The van der Waals surface area contributed by atoms with Crippen LogP contribution in [0, 0.1) is 5.92 Å². The molecule has 1 saturated carbocycles. The first kappa shape index (κ1) is 13.4. The van der Waals surface area contributed by atoms with Gasteiger partial charge in [0.2, 0.25) is 0 Å². The number of likely N-dealkylation sites (tertiary alicyclic amines) is 1. The normalized spacial score (nSPS) is 22.6. The molecule has 3 rings (SSSR count). The van der Waals surface area contributed by atoms with E-state index in [0.29, 0.717) is 24.0 Å². The number of carboxylic acid groups (broad SMARTS) is 1. The van der Waals surface area contributed by atoms with E-state index in [1.807, 2.05) is 5.38 Å². The van der Waals surface area contributed by atoms with Gasteiger partial charge in [0.05, 0.1) is 11.6 Å². The molecule has 1 aromatic rings. The molecule has 2 aliphatic rings. The lowest BCUT2D eigenvalue weighted by molar-refractivity contribution is -0.141. The lowest BCUT2D eigenvalue weighted by Crippen LogP contribution is -2.33. The van der Waals surface area contributed by atoms with Crippen LogP contribution in [0.3, 0.4) is 0 Å². The number of aliphatic carboxylic acids is 1. The van der Waals surface area contributed by atoms with Crippen molar-refractivity contribution in [3.05, 3.63) is 11.1 Å². The Labute approximate surface area is 120 Å². The summed E-state index contributed by atoms with van der Waals surface area (Å²) < 4.78 is 0. The molecule has 0 bridgehead atoms. The third-order valence-corrected chi connectivity index (χ3v) is 4.86. The maximum Gasteiger partial charge on any atom is 0.323 e. The summed E-state index contributed by atoms with van der Waals surface area (Å²) in [4.78, 5) is 28.9. The minimum absolute atomic E-state index is 0.247. The Kier molecular flexibility index (Phi) is 3.60. The predicted octanol–water partition coefficient (Wildman–Crippen LogP) is 2.35. The summed E-state index contributed by atoms with van der Waals surface area (Å²) in [6.45, 7) is 0.770. The van der Waals surface area contributed by atoms with E-state index in [-0.39, 0.29) is 12.6 Å². The van der Waals surface area contributed by atoms with E-state index in [0.717, 1.165) is 5.69 Å². The van der Waals surface area contributed by atoms with Crippen molar-refractivity contribution in [2.45, 2.75) is 31.6 Å². The summed E-state index contributed by atoms with van der Waals surface area (Å²) in [5.41, 5.74) is 1.07. The van der Waals surface area contributed by atoms with Gasteiger partial charge in [-0.3, -0.25) is 10.1 Å². The standard InChI is InChI=1S/C13H17N3O3S/c17-11(18)9-4-5-16(6-9)13(19)15-12-14-10(7-20-12)8-2-1-3-8/h7-9H,1-6H2,(H,17,18)(H,14,15,19). The Balaban J connectivity index is 1.56. The summed E-state index contributed by atoms with van der Waals surface area (Å²) >= 11 is 1.44. The van der Waals surface area contributed by atoms with E-state index in [2.05, 4.69) is 10.3 Å². The molecule has 6 nitrogen and oxygen atoms in total. The van der Waals surface area contributed by atoms with Gasteiger partial charge in [0.1, 0.15) is 0 Å². The van der Waals surface area contributed by atoms with Gasteiger partial charge in [0.25, 0.3) is 0 Å². The molecule has 1 aliphatic heterocycles. The Morgan fingerprint density at radius 3 is 2.80 bits per heavy atom. The lowest BCUT2D eigenvalue weighted by Gasteiger charge is -2.23. The Morgan fingerprint density at radius 1 is 1.40 bits per heavy atom. The number of urea groups is 1. The molecule has 1 aliphatic carbocycles. The average Bonchev–Trinajstić information content (AvgIpc) is 2.95. The Bertz CT molecular complexity index is 527. The number of carbonyl (C=O) groups is 2. The van der Waals surface area contributed by atoms with Crippen LogP contribution in [-0.4, -0.2) is 40.1 Å². The van der Waals surface area contributed by atoms with E-state index in [1.54, 1.807) is 4.90 Å². The Morgan fingerprint density at radius 2 is 2.20 bits per heavy atom. The molecule has 0 aromatic carbocycles. The van der Waals surface area contributed by atoms with Crippen molar-refractivity contribution in [2.75, 3.05) is 18.4 Å². The third-order valence-electron chi connectivity index (χ3n) is 4.08.